The lowest BCUT2D eigenvalue weighted by atomic mass is 9.93. The van der Waals surface area contributed by atoms with Crippen LogP contribution in [0, 0.1) is 11.8 Å². The van der Waals surface area contributed by atoms with E-state index in [1.54, 1.807) is 11.8 Å². The molecule has 0 bridgehead atoms. The van der Waals surface area contributed by atoms with Gasteiger partial charge >= 0.3 is 12.0 Å². The normalized spacial score (nSPS) is 17.9. The fourth-order valence-electron chi connectivity index (χ4n) is 2.77. The van der Waals surface area contributed by atoms with E-state index in [4.69, 9.17) is 5.11 Å². The topological polar surface area (TPSA) is 60.9 Å². The number of urea groups is 1. The summed E-state index contributed by atoms with van der Waals surface area (Å²) in [7, 11) is 0. The third-order valence-electron chi connectivity index (χ3n) is 4.15. The lowest BCUT2D eigenvalue weighted by Gasteiger charge is -2.36. The van der Waals surface area contributed by atoms with Gasteiger partial charge in [0.2, 0.25) is 0 Å². The van der Waals surface area contributed by atoms with Crippen LogP contribution >= 0.6 is 0 Å². The fourth-order valence-corrected chi connectivity index (χ4v) is 2.77. The van der Waals surface area contributed by atoms with Gasteiger partial charge in [-0.05, 0) is 25.7 Å². The summed E-state index contributed by atoms with van der Waals surface area (Å²) in [6, 6.07) is -0.00412. The molecule has 5 nitrogen and oxygen atoms in total. The second kappa shape index (κ2) is 8.12. The molecule has 1 fully saturated rings. The molecule has 1 atom stereocenters. The Morgan fingerprint density at radius 3 is 2.35 bits per heavy atom. The van der Waals surface area contributed by atoms with Gasteiger partial charge in [-0.2, -0.15) is 0 Å². The van der Waals surface area contributed by atoms with E-state index in [9.17, 15) is 9.59 Å². The van der Waals surface area contributed by atoms with Gasteiger partial charge in [-0.25, -0.2) is 4.79 Å². The first kappa shape index (κ1) is 16.8. The summed E-state index contributed by atoms with van der Waals surface area (Å²) in [6.45, 7) is 8.21. The maximum absolute atomic E-state index is 12.4. The summed E-state index contributed by atoms with van der Waals surface area (Å²) in [4.78, 5) is 26.9. The first-order chi connectivity index (χ1) is 9.49. The summed E-state index contributed by atoms with van der Waals surface area (Å²) in [5.74, 6) is -0.619. The van der Waals surface area contributed by atoms with Crippen LogP contribution in [0.2, 0.25) is 0 Å². The van der Waals surface area contributed by atoms with Crippen LogP contribution < -0.4 is 0 Å². The number of hydrogen-bond donors (Lipinski definition) is 1. The standard InChI is InChI=1S/C15H28N2O3/c1-4-6-13-7-9-17(10-8-13)15(20)16(5-2)11-12(3)14(18)19/h12-13H,4-11H2,1-3H3,(H,18,19). The number of likely N-dealkylation sites (tertiary alicyclic amines) is 1. The Bertz CT molecular complexity index is 325. The molecule has 0 saturated carbocycles. The molecule has 1 N–H and O–H groups in total. The molecule has 20 heavy (non-hydrogen) atoms. The van der Waals surface area contributed by atoms with Crippen molar-refractivity contribution in [3.8, 4) is 0 Å². The van der Waals surface area contributed by atoms with E-state index >= 15 is 0 Å². The summed E-state index contributed by atoms with van der Waals surface area (Å²) >= 11 is 0. The molecule has 0 aromatic carbocycles. The van der Waals surface area contributed by atoms with Crippen molar-refractivity contribution in [1.29, 1.82) is 0 Å². The van der Waals surface area contributed by atoms with E-state index in [-0.39, 0.29) is 6.03 Å². The largest absolute Gasteiger partial charge is 0.481 e. The molecular weight excluding hydrogens is 256 g/mol. The van der Waals surface area contributed by atoms with Gasteiger partial charge in [0.05, 0.1) is 5.92 Å². The van der Waals surface area contributed by atoms with E-state index in [0.717, 1.165) is 31.8 Å². The van der Waals surface area contributed by atoms with Crippen LogP contribution in [0.4, 0.5) is 4.79 Å². The Morgan fingerprint density at radius 2 is 1.90 bits per heavy atom. The molecule has 1 aliphatic heterocycles. The highest BCUT2D eigenvalue weighted by Gasteiger charge is 2.27. The lowest BCUT2D eigenvalue weighted by Crippen LogP contribution is -2.48. The van der Waals surface area contributed by atoms with E-state index in [1.165, 1.54) is 12.8 Å². The van der Waals surface area contributed by atoms with Gasteiger partial charge in [-0.1, -0.05) is 26.7 Å². The van der Waals surface area contributed by atoms with Crippen LogP contribution in [0.1, 0.15) is 46.5 Å². The number of hydrogen-bond acceptors (Lipinski definition) is 2. The Labute approximate surface area is 121 Å². The Kier molecular flexibility index (Phi) is 6.82. The molecule has 0 radical (unpaired) electrons. The number of carbonyl (C=O) groups is 2. The predicted octanol–water partition coefficient (Wildman–Crippen LogP) is 2.66. The minimum Gasteiger partial charge on any atom is -0.481 e. The highest BCUT2D eigenvalue weighted by Crippen LogP contribution is 2.22. The SMILES string of the molecule is CCCC1CCN(C(=O)N(CC)CC(C)C(=O)O)CC1. The van der Waals surface area contributed by atoms with Gasteiger partial charge in [0.1, 0.15) is 0 Å². The van der Waals surface area contributed by atoms with Crippen LogP contribution in [0.5, 0.6) is 0 Å². The number of nitrogens with zero attached hydrogens (tertiary/aromatic N) is 2. The second-order valence-electron chi connectivity index (χ2n) is 5.78. The van der Waals surface area contributed by atoms with Crippen molar-refractivity contribution in [2.24, 2.45) is 11.8 Å². The van der Waals surface area contributed by atoms with Crippen LogP contribution in [-0.4, -0.2) is 53.1 Å². The van der Waals surface area contributed by atoms with E-state index < -0.39 is 11.9 Å². The minimum atomic E-state index is -0.849. The van der Waals surface area contributed by atoms with E-state index in [1.807, 2.05) is 11.8 Å². The number of carboxylic acids is 1. The number of piperidine rings is 1. The quantitative estimate of drug-likeness (QED) is 0.815. The third-order valence-corrected chi connectivity index (χ3v) is 4.15. The van der Waals surface area contributed by atoms with Crippen molar-refractivity contribution >= 4 is 12.0 Å². The fraction of sp³-hybridized carbons (Fsp3) is 0.867. The molecule has 0 aromatic heterocycles. The van der Waals surface area contributed by atoms with Gasteiger partial charge in [0.25, 0.3) is 0 Å². The number of aliphatic carboxylic acids is 1. The number of amides is 2. The molecule has 0 spiro atoms. The van der Waals surface area contributed by atoms with Crippen LogP contribution in [0.25, 0.3) is 0 Å². The molecule has 116 valence electrons. The highest BCUT2D eigenvalue weighted by atomic mass is 16.4. The maximum atomic E-state index is 12.4. The zero-order valence-electron chi connectivity index (χ0n) is 13.0. The van der Waals surface area contributed by atoms with Crippen molar-refractivity contribution < 1.29 is 14.7 Å². The molecule has 0 aliphatic carbocycles. The predicted molar refractivity (Wildman–Crippen MR) is 78.6 cm³/mol. The monoisotopic (exact) mass is 284 g/mol. The number of carboxylic acid groups (broad SMARTS) is 1. The second-order valence-corrected chi connectivity index (χ2v) is 5.78. The molecule has 1 aliphatic rings. The molecule has 2 amide bonds. The van der Waals surface area contributed by atoms with E-state index in [2.05, 4.69) is 6.92 Å². The summed E-state index contributed by atoms with van der Waals surface area (Å²) in [6.07, 6.45) is 4.60. The highest BCUT2D eigenvalue weighted by molar-refractivity contribution is 5.76. The van der Waals surface area contributed by atoms with Crippen molar-refractivity contribution in [3.05, 3.63) is 0 Å². The average molecular weight is 284 g/mol. The summed E-state index contributed by atoms with van der Waals surface area (Å²) in [5, 5.41) is 8.96. The molecule has 1 rings (SSSR count). The number of rotatable bonds is 6. The first-order valence-corrected chi connectivity index (χ1v) is 7.76. The third kappa shape index (κ3) is 4.69. The smallest absolute Gasteiger partial charge is 0.320 e. The van der Waals surface area contributed by atoms with Crippen molar-refractivity contribution in [2.75, 3.05) is 26.2 Å². The van der Waals surface area contributed by atoms with Crippen molar-refractivity contribution in [1.82, 2.24) is 9.80 Å². The van der Waals surface area contributed by atoms with Gasteiger partial charge in [0, 0.05) is 26.2 Å². The van der Waals surface area contributed by atoms with E-state index in [0.29, 0.717) is 13.1 Å². The molecular formula is C15H28N2O3. The Hall–Kier alpha value is -1.26. The van der Waals surface area contributed by atoms with Crippen molar-refractivity contribution in [2.45, 2.75) is 46.5 Å². The molecule has 1 saturated heterocycles. The Morgan fingerprint density at radius 1 is 1.30 bits per heavy atom. The zero-order chi connectivity index (χ0) is 15.1. The zero-order valence-corrected chi connectivity index (χ0v) is 13.0. The van der Waals surface area contributed by atoms with Crippen molar-refractivity contribution in [3.63, 3.8) is 0 Å². The summed E-state index contributed by atoms with van der Waals surface area (Å²) in [5.41, 5.74) is 0. The molecule has 1 heterocycles. The maximum Gasteiger partial charge on any atom is 0.320 e. The van der Waals surface area contributed by atoms with Crippen LogP contribution in [-0.2, 0) is 4.79 Å². The molecule has 0 aromatic rings. The van der Waals surface area contributed by atoms with Crippen LogP contribution in [0.15, 0.2) is 0 Å². The van der Waals surface area contributed by atoms with Gasteiger partial charge in [0.15, 0.2) is 0 Å². The minimum absolute atomic E-state index is 0.00412. The van der Waals surface area contributed by atoms with Gasteiger partial charge in [-0.3, -0.25) is 4.79 Å². The molecule has 1 unspecified atom stereocenters. The first-order valence-electron chi connectivity index (χ1n) is 7.76. The lowest BCUT2D eigenvalue weighted by molar-refractivity contribution is -0.141. The van der Waals surface area contributed by atoms with Crippen LogP contribution in [0.3, 0.4) is 0 Å². The molecule has 5 heteroatoms. The Balaban J connectivity index is 2.49. The average Bonchev–Trinajstić information content (AvgIpc) is 2.44. The van der Waals surface area contributed by atoms with Gasteiger partial charge < -0.3 is 14.9 Å². The van der Waals surface area contributed by atoms with Gasteiger partial charge in [-0.15, -0.1) is 0 Å². The number of carbonyl (C=O) groups excluding carboxylic acids is 1. The summed E-state index contributed by atoms with van der Waals surface area (Å²) < 4.78 is 0.